The third-order valence-electron chi connectivity index (χ3n) is 2.64. The first-order valence-electron chi connectivity index (χ1n) is 5.59. The number of rotatable bonds is 2. The number of hydrogen-bond donors (Lipinski definition) is 0. The van der Waals surface area contributed by atoms with Gasteiger partial charge in [0.2, 0.25) is 0 Å². The molecule has 0 N–H and O–H groups in total. The van der Waals surface area contributed by atoms with Gasteiger partial charge in [-0.1, -0.05) is 17.7 Å². The Morgan fingerprint density at radius 1 is 1.06 bits per heavy atom. The van der Waals surface area contributed by atoms with Crippen LogP contribution < -0.4 is 0 Å². The summed E-state index contributed by atoms with van der Waals surface area (Å²) in [5.41, 5.74) is 1.72. The van der Waals surface area contributed by atoms with Crippen molar-refractivity contribution in [1.29, 1.82) is 0 Å². The second kappa shape index (κ2) is 4.82. The van der Waals surface area contributed by atoms with Gasteiger partial charge >= 0.3 is 0 Å². The first-order valence-corrected chi connectivity index (χ1v) is 7.14. The molecular weight excluding hydrogens is 246 g/mol. The molecule has 3 nitrogen and oxygen atoms in total. The normalized spacial score (nSPS) is 15.0. The van der Waals surface area contributed by atoms with Crippen LogP contribution >= 0.6 is 0 Å². The van der Waals surface area contributed by atoms with Crippen molar-refractivity contribution >= 4 is 9.84 Å². The highest BCUT2D eigenvalue weighted by Gasteiger charge is 2.11. The van der Waals surface area contributed by atoms with Crippen molar-refractivity contribution in [1.82, 2.24) is 4.90 Å². The van der Waals surface area contributed by atoms with E-state index in [1.807, 2.05) is 31.3 Å². The van der Waals surface area contributed by atoms with Gasteiger partial charge < -0.3 is 4.90 Å². The van der Waals surface area contributed by atoms with Gasteiger partial charge in [-0.05, 0) is 36.8 Å². The van der Waals surface area contributed by atoms with Gasteiger partial charge in [0.05, 0.1) is 4.90 Å². The summed E-state index contributed by atoms with van der Waals surface area (Å²) in [7, 11) is -1.49. The van der Waals surface area contributed by atoms with E-state index in [0.29, 0.717) is 10.5 Å². The van der Waals surface area contributed by atoms with Gasteiger partial charge in [-0.15, -0.1) is 0 Å². The lowest BCUT2D eigenvalue weighted by Crippen LogP contribution is -2.04. The lowest BCUT2D eigenvalue weighted by molar-refractivity contribution is 0.604. The van der Waals surface area contributed by atoms with E-state index in [1.165, 1.54) is 5.41 Å². The van der Waals surface area contributed by atoms with Crippen LogP contribution in [0.4, 0.5) is 0 Å². The standard InChI is InChI=1S/C14H15NO2S/c1-12-3-5-14(6-4-12)18(16,17)11-13-7-9-15(2)10-8-13/h3-11H,1-2H3. The van der Waals surface area contributed by atoms with Crippen molar-refractivity contribution in [2.45, 2.75) is 11.8 Å². The Kier molecular flexibility index (Phi) is 3.39. The molecule has 0 aliphatic carbocycles. The van der Waals surface area contributed by atoms with Crippen LogP contribution in [0.3, 0.4) is 0 Å². The van der Waals surface area contributed by atoms with Gasteiger partial charge in [-0.3, -0.25) is 0 Å². The number of aryl methyl sites for hydroxylation is 1. The molecule has 0 atom stereocenters. The van der Waals surface area contributed by atoms with Gasteiger partial charge in [-0.2, -0.15) is 0 Å². The molecule has 1 heterocycles. The Bertz CT molecular complexity index is 606. The second-order valence-electron chi connectivity index (χ2n) is 4.27. The quantitative estimate of drug-likeness (QED) is 0.821. The van der Waals surface area contributed by atoms with Crippen LogP contribution in [0.5, 0.6) is 0 Å². The minimum absolute atomic E-state index is 0.321. The Morgan fingerprint density at radius 3 is 2.17 bits per heavy atom. The molecule has 1 aromatic carbocycles. The third kappa shape index (κ3) is 2.90. The fourth-order valence-electron chi connectivity index (χ4n) is 1.57. The van der Waals surface area contributed by atoms with E-state index in [1.54, 1.807) is 36.4 Å². The smallest absolute Gasteiger partial charge is 0.200 e. The minimum atomic E-state index is -3.38. The Hall–Kier alpha value is -1.81. The van der Waals surface area contributed by atoms with E-state index in [2.05, 4.69) is 0 Å². The minimum Gasteiger partial charge on any atom is -0.357 e. The van der Waals surface area contributed by atoms with E-state index < -0.39 is 9.84 Å². The summed E-state index contributed by atoms with van der Waals surface area (Å²) < 4.78 is 24.3. The number of sulfone groups is 1. The van der Waals surface area contributed by atoms with Crippen LogP contribution in [0, 0.1) is 6.92 Å². The van der Waals surface area contributed by atoms with E-state index in [-0.39, 0.29) is 0 Å². The SMILES string of the molecule is Cc1ccc(S(=O)(=O)C=C2C=CN(C)C=C2)cc1. The average molecular weight is 261 g/mol. The molecule has 0 saturated carbocycles. The summed E-state index contributed by atoms with van der Waals surface area (Å²) >= 11 is 0. The zero-order chi connectivity index (χ0) is 13.2. The van der Waals surface area contributed by atoms with E-state index in [0.717, 1.165) is 5.56 Å². The molecule has 1 aliphatic rings. The monoisotopic (exact) mass is 261 g/mol. The highest BCUT2D eigenvalue weighted by atomic mass is 32.2. The maximum Gasteiger partial charge on any atom is 0.200 e. The Morgan fingerprint density at radius 2 is 1.61 bits per heavy atom. The number of hydrogen-bond acceptors (Lipinski definition) is 3. The van der Waals surface area contributed by atoms with E-state index >= 15 is 0 Å². The summed E-state index contributed by atoms with van der Waals surface area (Å²) in [4.78, 5) is 2.18. The summed E-state index contributed by atoms with van der Waals surface area (Å²) in [6.07, 6.45) is 7.17. The van der Waals surface area contributed by atoms with E-state index in [9.17, 15) is 8.42 Å². The van der Waals surface area contributed by atoms with Crippen molar-refractivity contribution in [3.8, 4) is 0 Å². The molecule has 4 heteroatoms. The predicted octanol–water partition coefficient (Wildman–Crippen LogP) is 2.63. The van der Waals surface area contributed by atoms with Crippen molar-refractivity contribution in [3.63, 3.8) is 0 Å². The number of nitrogens with zero attached hydrogens (tertiary/aromatic N) is 1. The molecule has 1 aromatic rings. The molecule has 0 saturated heterocycles. The van der Waals surface area contributed by atoms with Crippen molar-refractivity contribution < 1.29 is 8.42 Å². The van der Waals surface area contributed by atoms with Gasteiger partial charge in [0.25, 0.3) is 0 Å². The molecule has 0 aromatic heterocycles. The summed E-state index contributed by atoms with van der Waals surface area (Å²) in [6.45, 7) is 1.93. The van der Waals surface area contributed by atoms with Gasteiger partial charge in [0.1, 0.15) is 0 Å². The first-order chi connectivity index (χ1) is 8.47. The van der Waals surface area contributed by atoms with Crippen LogP contribution in [0.2, 0.25) is 0 Å². The van der Waals surface area contributed by atoms with Gasteiger partial charge in [0.15, 0.2) is 9.84 Å². The van der Waals surface area contributed by atoms with Crippen molar-refractivity contribution in [2.75, 3.05) is 7.05 Å². The molecule has 0 fully saturated rings. The number of allylic oxidation sites excluding steroid dienone is 3. The van der Waals surface area contributed by atoms with Crippen LogP contribution in [-0.4, -0.2) is 20.4 Å². The zero-order valence-electron chi connectivity index (χ0n) is 10.4. The topological polar surface area (TPSA) is 37.4 Å². The molecule has 0 radical (unpaired) electrons. The summed E-state index contributed by atoms with van der Waals surface area (Å²) in [5.74, 6) is 0. The lowest BCUT2D eigenvalue weighted by Gasteiger charge is -2.11. The van der Waals surface area contributed by atoms with Crippen LogP contribution in [0.15, 0.2) is 64.7 Å². The fourth-order valence-corrected chi connectivity index (χ4v) is 2.73. The first kappa shape index (κ1) is 12.6. The molecule has 0 bridgehead atoms. The van der Waals surface area contributed by atoms with Crippen LogP contribution in [0.1, 0.15) is 5.56 Å². The highest BCUT2D eigenvalue weighted by Crippen LogP contribution is 2.17. The van der Waals surface area contributed by atoms with Crippen LogP contribution in [-0.2, 0) is 9.84 Å². The molecule has 0 amide bonds. The summed E-state index contributed by atoms with van der Waals surface area (Å²) in [6, 6.07) is 6.85. The average Bonchev–Trinajstić information content (AvgIpc) is 2.32. The largest absolute Gasteiger partial charge is 0.357 e. The lowest BCUT2D eigenvalue weighted by atomic mass is 10.2. The molecular formula is C14H15NO2S. The van der Waals surface area contributed by atoms with Crippen molar-refractivity contribution in [2.24, 2.45) is 0 Å². The van der Waals surface area contributed by atoms with Crippen molar-refractivity contribution in [3.05, 3.63) is 65.4 Å². The third-order valence-corrected chi connectivity index (χ3v) is 4.16. The molecule has 0 unspecified atom stereocenters. The predicted molar refractivity (Wildman–Crippen MR) is 72.5 cm³/mol. The maximum absolute atomic E-state index is 12.1. The highest BCUT2D eigenvalue weighted by molar-refractivity contribution is 7.94. The molecule has 2 rings (SSSR count). The molecule has 18 heavy (non-hydrogen) atoms. The molecule has 1 aliphatic heterocycles. The Labute approximate surface area is 108 Å². The molecule has 0 spiro atoms. The molecule has 94 valence electrons. The Balaban J connectivity index is 2.33. The fraction of sp³-hybridized carbons (Fsp3) is 0.143. The van der Waals surface area contributed by atoms with E-state index in [4.69, 9.17) is 0 Å². The van der Waals surface area contributed by atoms with Gasteiger partial charge in [0, 0.05) is 24.9 Å². The number of benzene rings is 1. The van der Waals surface area contributed by atoms with Gasteiger partial charge in [-0.25, -0.2) is 8.42 Å². The second-order valence-corrected chi connectivity index (χ2v) is 6.07. The summed E-state index contributed by atoms with van der Waals surface area (Å²) in [5, 5.41) is 1.29. The van der Waals surface area contributed by atoms with Crippen LogP contribution in [0.25, 0.3) is 0 Å². The zero-order valence-corrected chi connectivity index (χ0v) is 11.2. The maximum atomic E-state index is 12.1.